The Hall–Kier alpha value is -0.670. The van der Waals surface area contributed by atoms with Crippen molar-refractivity contribution in [2.24, 2.45) is 0 Å². The van der Waals surface area contributed by atoms with E-state index in [0.717, 1.165) is 14.0 Å². The lowest BCUT2D eigenvalue weighted by molar-refractivity contribution is -0.317. The topological polar surface area (TPSA) is 12.0 Å². The zero-order chi connectivity index (χ0) is 16.4. The van der Waals surface area contributed by atoms with Crippen LogP contribution in [0.15, 0.2) is 0 Å². The minimum absolute atomic E-state index is 1.05. The summed E-state index contributed by atoms with van der Waals surface area (Å²) in [6.45, 7) is 1.05. The summed E-state index contributed by atoms with van der Waals surface area (Å²) in [6.07, 6.45) is -11.4. The highest BCUT2D eigenvalue weighted by Gasteiger charge is 2.71. The van der Waals surface area contributed by atoms with Crippen LogP contribution in [0.2, 0.25) is 0 Å². The summed E-state index contributed by atoms with van der Waals surface area (Å²) in [7, 11) is 1.15. The Morgan fingerprint density at radius 2 is 1.25 bits per heavy atom. The summed E-state index contributed by atoms with van der Waals surface area (Å²) >= 11 is 0. The molecule has 0 rings (SSSR count). The maximum absolute atomic E-state index is 13.2. The van der Waals surface area contributed by atoms with E-state index < -0.39 is 49.2 Å². The molecule has 0 aliphatic carbocycles. The van der Waals surface area contributed by atoms with Crippen LogP contribution in [0.5, 0.6) is 0 Å². The van der Waals surface area contributed by atoms with Gasteiger partial charge in [-0.3, -0.25) is 0 Å². The Labute approximate surface area is 109 Å². The quantitative estimate of drug-likeness (QED) is 0.692. The standard InChI is InChI=1S/C10H14F9N/c1-6(20-2)5-8(13,14)10(18,19)7(11,12)3-4-9(15,16)17/h6,20H,3-5H2,1-2H3. The lowest BCUT2D eigenvalue weighted by atomic mass is 9.95. The molecule has 1 unspecified atom stereocenters. The SMILES string of the molecule is CNC(C)CC(F)(F)C(F)(F)C(F)(F)CCC(F)(F)F. The van der Waals surface area contributed by atoms with Crippen LogP contribution in [-0.2, 0) is 0 Å². The molecule has 0 heterocycles. The van der Waals surface area contributed by atoms with Crippen LogP contribution in [0.3, 0.4) is 0 Å². The largest absolute Gasteiger partial charge is 0.389 e. The Kier molecular flexibility index (Phi) is 5.78. The first-order chi connectivity index (χ1) is 8.66. The number of rotatable bonds is 7. The van der Waals surface area contributed by atoms with E-state index in [2.05, 4.69) is 5.32 Å². The Morgan fingerprint density at radius 3 is 1.60 bits per heavy atom. The van der Waals surface area contributed by atoms with Crippen molar-refractivity contribution in [3.63, 3.8) is 0 Å². The molecule has 1 N–H and O–H groups in total. The van der Waals surface area contributed by atoms with Crippen LogP contribution in [0, 0.1) is 0 Å². The summed E-state index contributed by atoms with van der Waals surface area (Å²) < 4.78 is 114. The van der Waals surface area contributed by atoms with Gasteiger partial charge in [-0.1, -0.05) is 0 Å². The van der Waals surface area contributed by atoms with Gasteiger partial charge in [0.05, 0.1) is 0 Å². The van der Waals surface area contributed by atoms with Crippen molar-refractivity contribution in [3.05, 3.63) is 0 Å². The summed E-state index contributed by atoms with van der Waals surface area (Å²) in [5.41, 5.74) is 0. The van der Waals surface area contributed by atoms with Crippen LogP contribution in [0.1, 0.15) is 26.2 Å². The van der Waals surface area contributed by atoms with E-state index >= 15 is 0 Å². The third-order valence-electron chi connectivity index (χ3n) is 2.70. The van der Waals surface area contributed by atoms with Crippen molar-refractivity contribution in [3.8, 4) is 0 Å². The van der Waals surface area contributed by atoms with Gasteiger partial charge in [0.25, 0.3) is 0 Å². The van der Waals surface area contributed by atoms with E-state index in [1.165, 1.54) is 0 Å². The van der Waals surface area contributed by atoms with Crippen molar-refractivity contribution < 1.29 is 39.5 Å². The fourth-order valence-corrected chi connectivity index (χ4v) is 1.34. The molecule has 1 nitrogen and oxygen atoms in total. The predicted octanol–water partition coefficient (Wildman–Crippen LogP) is 4.23. The molecule has 0 fully saturated rings. The molecule has 0 bridgehead atoms. The fourth-order valence-electron chi connectivity index (χ4n) is 1.34. The first kappa shape index (κ1) is 19.3. The summed E-state index contributed by atoms with van der Waals surface area (Å²) in [5, 5.41) is 2.16. The van der Waals surface area contributed by atoms with Gasteiger partial charge in [-0.05, 0) is 14.0 Å². The van der Waals surface area contributed by atoms with Gasteiger partial charge in [-0.15, -0.1) is 0 Å². The maximum Gasteiger partial charge on any atom is 0.389 e. The van der Waals surface area contributed by atoms with Gasteiger partial charge in [0.2, 0.25) is 0 Å². The Morgan fingerprint density at radius 1 is 0.800 bits per heavy atom. The normalized spacial score (nSPS) is 16.4. The van der Waals surface area contributed by atoms with Crippen molar-refractivity contribution in [2.75, 3.05) is 7.05 Å². The van der Waals surface area contributed by atoms with E-state index in [4.69, 9.17) is 0 Å². The molecule has 0 aliphatic heterocycles. The van der Waals surface area contributed by atoms with Gasteiger partial charge in [-0.25, -0.2) is 0 Å². The molecule has 0 radical (unpaired) electrons. The second-order valence-electron chi connectivity index (χ2n) is 4.49. The zero-order valence-corrected chi connectivity index (χ0v) is 10.6. The molecule has 122 valence electrons. The predicted molar refractivity (Wildman–Crippen MR) is 53.3 cm³/mol. The summed E-state index contributed by atoms with van der Waals surface area (Å²) in [6, 6.07) is -1.21. The Bertz CT molecular complexity index is 310. The molecule has 0 aromatic carbocycles. The molecule has 0 aromatic rings. The average molecular weight is 319 g/mol. The number of alkyl halides is 9. The Balaban J connectivity index is 5.06. The molecule has 20 heavy (non-hydrogen) atoms. The van der Waals surface area contributed by atoms with Gasteiger partial charge in [0.1, 0.15) is 0 Å². The summed E-state index contributed by atoms with van der Waals surface area (Å²) in [4.78, 5) is 0. The third kappa shape index (κ3) is 4.71. The van der Waals surface area contributed by atoms with Crippen LogP contribution in [-0.4, -0.2) is 37.0 Å². The fraction of sp³-hybridized carbons (Fsp3) is 1.00. The molecule has 0 spiro atoms. The van der Waals surface area contributed by atoms with Crippen molar-refractivity contribution in [2.45, 2.75) is 56.2 Å². The molecule has 0 saturated heterocycles. The smallest absolute Gasteiger partial charge is 0.317 e. The van der Waals surface area contributed by atoms with Gasteiger partial charge in [-0.2, -0.15) is 39.5 Å². The van der Waals surface area contributed by atoms with Crippen LogP contribution >= 0.6 is 0 Å². The van der Waals surface area contributed by atoms with E-state index in [9.17, 15) is 39.5 Å². The van der Waals surface area contributed by atoms with E-state index in [-0.39, 0.29) is 0 Å². The van der Waals surface area contributed by atoms with Crippen molar-refractivity contribution in [1.82, 2.24) is 5.32 Å². The minimum atomic E-state index is -5.86. The van der Waals surface area contributed by atoms with Gasteiger partial charge in [0.15, 0.2) is 0 Å². The lowest BCUT2D eigenvalue weighted by Crippen LogP contribution is -2.56. The minimum Gasteiger partial charge on any atom is -0.317 e. The zero-order valence-electron chi connectivity index (χ0n) is 10.6. The molecular formula is C10H14F9N. The highest BCUT2D eigenvalue weighted by Crippen LogP contribution is 2.50. The van der Waals surface area contributed by atoms with Gasteiger partial charge < -0.3 is 5.32 Å². The highest BCUT2D eigenvalue weighted by molar-refractivity contribution is 4.97. The van der Waals surface area contributed by atoms with E-state index in [0.29, 0.717) is 0 Å². The number of hydrogen-bond acceptors (Lipinski definition) is 1. The molecule has 0 amide bonds. The average Bonchev–Trinajstić information content (AvgIpc) is 2.24. The monoisotopic (exact) mass is 319 g/mol. The molecule has 0 aliphatic rings. The highest BCUT2D eigenvalue weighted by atomic mass is 19.4. The lowest BCUT2D eigenvalue weighted by Gasteiger charge is -2.34. The second kappa shape index (κ2) is 5.98. The van der Waals surface area contributed by atoms with Gasteiger partial charge in [0, 0.05) is 25.3 Å². The first-order valence-electron chi connectivity index (χ1n) is 5.54. The van der Waals surface area contributed by atoms with Crippen molar-refractivity contribution in [1.29, 1.82) is 0 Å². The molecule has 0 aromatic heterocycles. The van der Waals surface area contributed by atoms with Gasteiger partial charge >= 0.3 is 23.9 Å². The molecule has 1 atom stereocenters. The number of hydrogen-bond donors (Lipinski definition) is 1. The molecule has 10 heteroatoms. The molecular weight excluding hydrogens is 305 g/mol. The van der Waals surface area contributed by atoms with E-state index in [1.807, 2.05) is 0 Å². The molecule has 0 saturated carbocycles. The van der Waals surface area contributed by atoms with Crippen LogP contribution in [0.4, 0.5) is 39.5 Å². The van der Waals surface area contributed by atoms with Crippen LogP contribution < -0.4 is 5.32 Å². The van der Waals surface area contributed by atoms with E-state index in [1.54, 1.807) is 0 Å². The third-order valence-corrected chi connectivity index (χ3v) is 2.70. The number of nitrogens with one attached hydrogen (secondary N) is 1. The van der Waals surface area contributed by atoms with Crippen LogP contribution in [0.25, 0.3) is 0 Å². The first-order valence-corrected chi connectivity index (χ1v) is 5.54. The second-order valence-corrected chi connectivity index (χ2v) is 4.49. The summed E-state index contributed by atoms with van der Waals surface area (Å²) in [5.74, 6) is -16.5. The number of halogens is 9. The van der Waals surface area contributed by atoms with Crippen molar-refractivity contribution >= 4 is 0 Å². The maximum atomic E-state index is 13.2.